The van der Waals surface area contributed by atoms with Crippen LogP contribution in [0.4, 0.5) is 4.39 Å². The molecule has 1 saturated carbocycles. The van der Waals surface area contributed by atoms with Gasteiger partial charge in [0, 0.05) is 12.4 Å². The molecular formula is C26H29FN2O3. The number of aromatic nitrogens is 2. The number of rotatable bonds is 7. The average molecular weight is 437 g/mol. The first-order valence-corrected chi connectivity index (χ1v) is 11.2. The Balaban J connectivity index is 1.48. The van der Waals surface area contributed by atoms with Crippen LogP contribution in [0.2, 0.25) is 0 Å². The van der Waals surface area contributed by atoms with Gasteiger partial charge in [0.15, 0.2) is 0 Å². The molecule has 1 aliphatic rings. The second kappa shape index (κ2) is 9.65. The first-order chi connectivity index (χ1) is 15.5. The predicted molar refractivity (Wildman–Crippen MR) is 120 cm³/mol. The van der Waals surface area contributed by atoms with E-state index in [0.29, 0.717) is 25.3 Å². The molecule has 2 atom stereocenters. The third kappa shape index (κ3) is 4.46. The summed E-state index contributed by atoms with van der Waals surface area (Å²) in [7, 11) is 0. The van der Waals surface area contributed by atoms with E-state index in [1.54, 1.807) is 23.0 Å². The van der Waals surface area contributed by atoms with Crippen molar-refractivity contribution in [3.8, 4) is 5.69 Å². The van der Waals surface area contributed by atoms with Crippen LogP contribution in [0, 0.1) is 12.7 Å². The Morgan fingerprint density at radius 2 is 2.06 bits per heavy atom. The molecule has 1 aromatic heterocycles. The van der Waals surface area contributed by atoms with E-state index in [0.717, 1.165) is 36.2 Å². The molecule has 1 fully saturated rings. The molecule has 0 aliphatic heterocycles. The standard InChI is InChI=1S/C26H29FN2O3/c1-3-31-25(30)26(21-8-5-4-6-9-21)13-7-10-22(17-26)32-18-20-11-12-24(23(27)16-20)29-15-14-28-19(29)2/h4-6,8-9,11-12,14-16,22H,3,7,10,13,17-18H2,1-2H3. The van der Waals surface area contributed by atoms with Gasteiger partial charge in [-0.05, 0) is 62.8 Å². The van der Waals surface area contributed by atoms with Gasteiger partial charge < -0.3 is 14.0 Å². The zero-order valence-electron chi connectivity index (χ0n) is 18.6. The molecule has 0 bridgehead atoms. The smallest absolute Gasteiger partial charge is 0.316 e. The normalized spacial score (nSPS) is 20.8. The molecule has 5 nitrogen and oxygen atoms in total. The zero-order chi connectivity index (χ0) is 22.6. The van der Waals surface area contributed by atoms with Crippen molar-refractivity contribution in [2.45, 2.75) is 57.7 Å². The van der Waals surface area contributed by atoms with Crippen molar-refractivity contribution in [3.05, 3.63) is 83.7 Å². The summed E-state index contributed by atoms with van der Waals surface area (Å²) in [6.45, 7) is 4.30. The third-order valence-electron chi connectivity index (χ3n) is 6.28. The Labute approximate surface area is 188 Å². The quantitative estimate of drug-likeness (QED) is 0.473. The molecule has 1 aliphatic carbocycles. The van der Waals surface area contributed by atoms with E-state index < -0.39 is 5.41 Å². The van der Waals surface area contributed by atoms with Crippen LogP contribution in [-0.2, 0) is 26.3 Å². The number of hydrogen-bond donors (Lipinski definition) is 0. The van der Waals surface area contributed by atoms with Crippen LogP contribution in [0.15, 0.2) is 60.9 Å². The highest BCUT2D eigenvalue weighted by Gasteiger charge is 2.45. The minimum Gasteiger partial charge on any atom is -0.465 e. The Hall–Kier alpha value is -2.99. The van der Waals surface area contributed by atoms with Crippen LogP contribution in [0.5, 0.6) is 0 Å². The lowest BCUT2D eigenvalue weighted by Gasteiger charge is -2.39. The molecule has 1 heterocycles. The Kier molecular flexibility index (Phi) is 6.70. The number of hydrogen-bond acceptors (Lipinski definition) is 4. The van der Waals surface area contributed by atoms with E-state index in [4.69, 9.17) is 9.47 Å². The van der Waals surface area contributed by atoms with Gasteiger partial charge in [0.2, 0.25) is 0 Å². The summed E-state index contributed by atoms with van der Waals surface area (Å²) < 4.78 is 28.1. The Morgan fingerprint density at radius 3 is 2.75 bits per heavy atom. The van der Waals surface area contributed by atoms with Gasteiger partial charge in [-0.3, -0.25) is 4.79 Å². The molecule has 4 rings (SSSR count). The molecule has 0 saturated heterocycles. The van der Waals surface area contributed by atoms with Crippen molar-refractivity contribution in [3.63, 3.8) is 0 Å². The number of nitrogens with zero attached hydrogens (tertiary/aromatic N) is 2. The molecule has 0 spiro atoms. The van der Waals surface area contributed by atoms with Crippen molar-refractivity contribution in [1.82, 2.24) is 9.55 Å². The van der Waals surface area contributed by atoms with E-state index in [1.165, 1.54) is 6.07 Å². The van der Waals surface area contributed by atoms with Gasteiger partial charge in [-0.25, -0.2) is 9.37 Å². The summed E-state index contributed by atoms with van der Waals surface area (Å²) in [5.74, 6) is 0.220. The summed E-state index contributed by atoms with van der Waals surface area (Å²) in [5.41, 5.74) is 1.49. The van der Waals surface area contributed by atoms with Gasteiger partial charge >= 0.3 is 5.97 Å². The maximum Gasteiger partial charge on any atom is 0.316 e. The van der Waals surface area contributed by atoms with Crippen molar-refractivity contribution in [2.75, 3.05) is 6.61 Å². The Bertz CT molecular complexity index is 1070. The summed E-state index contributed by atoms with van der Waals surface area (Å²) in [6, 6.07) is 15.0. The first kappa shape index (κ1) is 22.2. The minimum absolute atomic E-state index is 0.105. The van der Waals surface area contributed by atoms with E-state index in [9.17, 15) is 9.18 Å². The van der Waals surface area contributed by atoms with Crippen LogP contribution in [0.1, 0.15) is 49.6 Å². The van der Waals surface area contributed by atoms with Crippen LogP contribution in [-0.4, -0.2) is 28.2 Å². The highest BCUT2D eigenvalue weighted by atomic mass is 19.1. The van der Waals surface area contributed by atoms with Crippen molar-refractivity contribution in [2.24, 2.45) is 0 Å². The molecule has 2 aromatic carbocycles. The lowest BCUT2D eigenvalue weighted by atomic mass is 9.68. The van der Waals surface area contributed by atoms with Crippen LogP contribution in [0.25, 0.3) is 5.69 Å². The summed E-state index contributed by atoms with van der Waals surface area (Å²) in [5, 5.41) is 0. The molecule has 0 radical (unpaired) electrons. The molecule has 0 N–H and O–H groups in total. The van der Waals surface area contributed by atoms with Gasteiger partial charge in [-0.15, -0.1) is 0 Å². The van der Waals surface area contributed by atoms with Gasteiger partial charge in [0.25, 0.3) is 0 Å². The van der Waals surface area contributed by atoms with Crippen LogP contribution in [0.3, 0.4) is 0 Å². The minimum atomic E-state index is -0.700. The highest BCUT2D eigenvalue weighted by Crippen LogP contribution is 2.42. The fraction of sp³-hybridized carbons (Fsp3) is 0.385. The Morgan fingerprint density at radius 1 is 1.25 bits per heavy atom. The van der Waals surface area contributed by atoms with Crippen LogP contribution < -0.4 is 0 Å². The van der Waals surface area contributed by atoms with E-state index in [-0.39, 0.29) is 17.9 Å². The van der Waals surface area contributed by atoms with Crippen molar-refractivity contribution < 1.29 is 18.7 Å². The van der Waals surface area contributed by atoms with Gasteiger partial charge in [-0.1, -0.05) is 36.4 Å². The van der Waals surface area contributed by atoms with Gasteiger partial charge in [0.05, 0.1) is 30.4 Å². The maximum absolute atomic E-state index is 14.7. The van der Waals surface area contributed by atoms with E-state index in [1.807, 2.05) is 50.2 Å². The lowest BCUT2D eigenvalue weighted by Crippen LogP contribution is -2.44. The zero-order valence-corrected chi connectivity index (χ0v) is 18.6. The molecule has 2 unspecified atom stereocenters. The number of benzene rings is 2. The molecule has 168 valence electrons. The number of esters is 1. The molecular weight excluding hydrogens is 407 g/mol. The SMILES string of the molecule is CCOC(=O)C1(c2ccccc2)CCCC(OCc2ccc(-n3ccnc3C)c(F)c2)C1. The van der Waals surface area contributed by atoms with Crippen LogP contribution >= 0.6 is 0 Å². The molecule has 32 heavy (non-hydrogen) atoms. The number of ether oxygens (including phenoxy) is 2. The fourth-order valence-corrected chi connectivity index (χ4v) is 4.64. The molecule has 6 heteroatoms. The lowest BCUT2D eigenvalue weighted by molar-refractivity contribution is -0.154. The first-order valence-electron chi connectivity index (χ1n) is 11.2. The largest absolute Gasteiger partial charge is 0.465 e. The average Bonchev–Trinajstić information content (AvgIpc) is 3.24. The fourth-order valence-electron chi connectivity index (χ4n) is 4.64. The number of imidazole rings is 1. The monoisotopic (exact) mass is 436 g/mol. The highest BCUT2D eigenvalue weighted by molar-refractivity contribution is 5.83. The number of carbonyl (C=O) groups excluding carboxylic acids is 1. The predicted octanol–water partition coefficient (Wildman–Crippen LogP) is 5.28. The molecule has 3 aromatic rings. The van der Waals surface area contributed by atoms with E-state index >= 15 is 0 Å². The van der Waals surface area contributed by atoms with Crippen molar-refractivity contribution >= 4 is 5.97 Å². The number of carbonyl (C=O) groups is 1. The maximum atomic E-state index is 14.7. The molecule has 0 amide bonds. The van der Waals surface area contributed by atoms with Gasteiger partial charge in [0.1, 0.15) is 11.6 Å². The number of aryl methyl sites for hydroxylation is 1. The third-order valence-corrected chi connectivity index (χ3v) is 6.28. The van der Waals surface area contributed by atoms with Gasteiger partial charge in [-0.2, -0.15) is 0 Å². The second-order valence-electron chi connectivity index (χ2n) is 8.33. The summed E-state index contributed by atoms with van der Waals surface area (Å²) in [6.07, 6.45) is 6.32. The topological polar surface area (TPSA) is 53.4 Å². The summed E-state index contributed by atoms with van der Waals surface area (Å²) >= 11 is 0. The van der Waals surface area contributed by atoms with E-state index in [2.05, 4.69) is 4.98 Å². The second-order valence-corrected chi connectivity index (χ2v) is 8.33. The number of halogens is 1. The van der Waals surface area contributed by atoms with Crippen molar-refractivity contribution in [1.29, 1.82) is 0 Å². The summed E-state index contributed by atoms with van der Waals surface area (Å²) in [4.78, 5) is 17.2.